The Kier molecular flexibility index (Phi) is 13.8. The van der Waals surface area contributed by atoms with Crippen molar-refractivity contribution in [2.45, 2.75) is 75.4 Å². The molecule has 1 aliphatic heterocycles. The molecular weight excluding hydrogens is 680 g/mol. The minimum Gasteiger partial charge on any atom is -0.486 e. The molecule has 0 unspecified atom stereocenters. The van der Waals surface area contributed by atoms with Gasteiger partial charge in [0, 0.05) is 25.5 Å². The second-order valence-corrected chi connectivity index (χ2v) is 11.0. The van der Waals surface area contributed by atoms with Crippen LogP contribution >= 0.6 is 0 Å². The number of nitrogens with zero attached hydrogens (tertiary/aromatic N) is 1. The Labute approximate surface area is 274 Å². The van der Waals surface area contributed by atoms with Crippen LogP contribution in [0.3, 0.4) is 0 Å². The smallest absolute Gasteiger partial charge is 0.455 e. The first-order valence-electron chi connectivity index (χ1n) is 14.5. The van der Waals surface area contributed by atoms with E-state index in [0.29, 0.717) is 6.92 Å². The number of nitrogens with one attached hydrogen (secondary N) is 3. The highest BCUT2D eigenvalue weighted by Crippen LogP contribution is 2.35. The number of anilines is 1. The highest BCUT2D eigenvalue weighted by Gasteiger charge is 2.58. The van der Waals surface area contributed by atoms with Gasteiger partial charge in [0.25, 0.3) is 17.7 Å². The van der Waals surface area contributed by atoms with Crippen molar-refractivity contribution in [2.75, 3.05) is 31.1 Å². The number of Topliss-reactive ketones (excluding diaryl/α,β-unsaturated/α-hetero) is 1. The number of ether oxygens (including phenoxy) is 2. The van der Waals surface area contributed by atoms with Gasteiger partial charge in [-0.1, -0.05) is 0 Å². The fourth-order valence-corrected chi connectivity index (χ4v) is 4.17. The maximum Gasteiger partial charge on any atom is 0.455 e. The summed E-state index contributed by atoms with van der Waals surface area (Å²) >= 11 is 0. The van der Waals surface area contributed by atoms with E-state index in [1.807, 2.05) is 5.32 Å². The molecule has 1 aromatic rings. The van der Waals surface area contributed by atoms with Crippen LogP contribution in [0.25, 0.3) is 0 Å². The fourth-order valence-electron chi connectivity index (χ4n) is 4.17. The molecule has 0 radical (unpaired) electrons. The van der Waals surface area contributed by atoms with E-state index in [2.05, 4.69) is 5.32 Å². The average Bonchev–Trinajstić information content (AvgIpc) is 3.09. The molecule has 1 aromatic carbocycles. The van der Waals surface area contributed by atoms with E-state index in [4.69, 9.17) is 20.3 Å². The molecule has 0 saturated carbocycles. The predicted molar refractivity (Wildman–Crippen MR) is 154 cm³/mol. The van der Waals surface area contributed by atoms with Crippen molar-refractivity contribution in [3.63, 3.8) is 0 Å². The summed E-state index contributed by atoms with van der Waals surface area (Å²) in [7, 11) is 0. The number of fused-ring (bicyclic) bond motifs is 1. The number of aliphatic carboxylic acids is 1. The van der Waals surface area contributed by atoms with Gasteiger partial charge >= 0.3 is 24.2 Å². The second-order valence-electron chi connectivity index (χ2n) is 11.0. The first kappa shape index (κ1) is 40.5. The fraction of sp³-hybridized carbons (Fsp3) is 0.571. The summed E-state index contributed by atoms with van der Waals surface area (Å²) < 4.78 is 88.7. The summed E-state index contributed by atoms with van der Waals surface area (Å²) in [6.07, 6.45) is -8.61. The SMILES string of the molecule is C[C@H]1Oc2ccc(F)cc2N(CCOC(=O)NCCCC(=O)[C@@H](N)CCC(=O)O)C(=O)[C@H]1NC(=O)[C@@](C)(O)C(=O)NCC(F)(F)C(F)(F)F. The third-order valence-electron chi connectivity index (χ3n) is 7.08. The molecule has 7 N–H and O–H groups in total. The van der Waals surface area contributed by atoms with Crippen LogP contribution in [0, 0.1) is 5.82 Å². The molecule has 49 heavy (non-hydrogen) atoms. The molecule has 0 spiro atoms. The van der Waals surface area contributed by atoms with Crippen molar-refractivity contribution >= 4 is 41.3 Å². The highest BCUT2D eigenvalue weighted by atomic mass is 19.4. The van der Waals surface area contributed by atoms with Gasteiger partial charge in [-0.3, -0.25) is 24.0 Å². The molecule has 0 bridgehead atoms. The van der Waals surface area contributed by atoms with Crippen molar-refractivity contribution in [1.29, 1.82) is 0 Å². The zero-order valence-electron chi connectivity index (χ0n) is 26.1. The van der Waals surface area contributed by atoms with Crippen LogP contribution in [0.1, 0.15) is 39.5 Å². The molecule has 1 heterocycles. The van der Waals surface area contributed by atoms with Crippen LogP contribution in [-0.4, -0.2) is 108 Å². The van der Waals surface area contributed by atoms with Gasteiger partial charge in [0.15, 0.2) is 0 Å². The normalized spacial score (nSPS) is 18.2. The largest absolute Gasteiger partial charge is 0.486 e. The monoisotopic (exact) mass is 715 g/mol. The Morgan fingerprint density at radius 1 is 1.08 bits per heavy atom. The summed E-state index contributed by atoms with van der Waals surface area (Å²) in [6, 6.07) is 0.242. The summed E-state index contributed by atoms with van der Waals surface area (Å²) in [5.41, 5.74) is 2.17. The van der Waals surface area contributed by atoms with Gasteiger partial charge in [0.05, 0.1) is 24.8 Å². The van der Waals surface area contributed by atoms with Crippen LogP contribution in [0.15, 0.2) is 18.2 Å². The zero-order valence-corrected chi connectivity index (χ0v) is 26.1. The van der Waals surface area contributed by atoms with Crippen LogP contribution in [0.5, 0.6) is 5.75 Å². The van der Waals surface area contributed by atoms with Crippen molar-refractivity contribution < 1.29 is 74.8 Å². The quantitative estimate of drug-likeness (QED) is 0.0796. The van der Waals surface area contributed by atoms with Crippen LogP contribution < -0.4 is 31.3 Å². The lowest BCUT2D eigenvalue weighted by Crippen LogP contribution is -2.63. The molecule has 0 aliphatic carbocycles. The molecule has 0 fully saturated rings. The number of amides is 4. The van der Waals surface area contributed by atoms with Gasteiger partial charge in [-0.25, -0.2) is 9.18 Å². The lowest BCUT2D eigenvalue weighted by Gasteiger charge is -2.29. The van der Waals surface area contributed by atoms with E-state index >= 15 is 0 Å². The van der Waals surface area contributed by atoms with E-state index in [1.165, 1.54) is 6.92 Å². The maximum atomic E-state index is 14.2. The first-order chi connectivity index (χ1) is 22.6. The van der Waals surface area contributed by atoms with Crippen LogP contribution in [-0.2, 0) is 28.7 Å². The lowest BCUT2D eigenvalue weighted by atomic mass is 10.0. The number of carboxylic acid groups (broad SMARTS) is 1. The van der Waals surface area contributed by atoms with Gasteiger partial charge in [0.1, 0.15) is 36.1 Å². The number of ketones is 1. The number of hydrogen-bond acceptors (Lipinski definition) is 10. The standard InChI is InChI=1S/C28H35F6N5O10/c1-14-21(38-24(45)26(2,47)23(44)37-13-27(30,31)28(32,33)34)22(43)39(17-12-15(29)5-7-19(17)49-14)10-11-48-25(46)36-9-3-4-18(40)16(35)6-8-20(41)42/h5,7,12,14,16,21,47H,3-4,6,8-11,13,35H2,1-2H3,(H,36,46)(H,37,44)(H,38,45)(H,41,42)/t14-,16+,21+,26+/m1/s1. The maximum absolute atomic E-state index is 14.2. The molecule has 15 nitrogen and oxygen atoms in total. The molecule has 1 aliphatic rings. The Morgan fingerprint density at radius 2 is 1.73 bits per heavy atom. The second kappa shape index (κ2) is 16.6. The van der Waals surface area contributed by atoms with E-state index in [-0.39, 0.29) is 43.7 Å². The number of alkyl halides is 5. The molecule has 4 atom stereocenters. The van der Waals surface area contributed by atoms with Gasteiger partial charge < -0.3 is 46.3 Å². The molecule has 21 heteroatoms. The Hall–Kier alpha value is -4.66. The third kappa shape index (κ3) is 11.2. The van der Waals surface area contributed by atoms with Crippen molar-refractivity contribution in [1.82, 2.24) is 16.0 Å². The Morgan fingerprint density at radius 3 is 2.35 bits per heavy atom. The van der Waals surface area contributed by atoms with E-state index in [9.17, 15) is 60.2 Å². The first-order valence-corrected chi connectivity index (χ1v) is 14.5. The number of halogens is 6. The molecule has 0 saturated heterocycles. The van der Waals surface area contributed by atoms with Gasteiger partial charge in [0.2, 0.25) is 5.60 Å². The minimum atomic E-state index is -6.04. The van der Waals surface area contributed by atoms with Crippen LogP contribution in [0.2, 0.25) is 0 Å². The van der Waals surface area contributed by atoms with Crippen molar-refractivity contribution in [3.8, 4) is 5.75 Å². The zero-order chi connectivity index (χ0) is 37.3. The topological polar surface area (TPSA) is 227 Å². The molecule has 2 rings (SSSR count). The van der Waals surface area contributed by atoms with E-state index in [1.54, 1.807) is 0 Å². The van der Waals surface area contributed by atoms with E-state index in [0.717, 1.165) is 28.4 Å². The average molecular weight is 716 g/mol. The van der Waals surface area contributed by atoms with Crippen LogP contribution in [0.4, 0.5) is 36.8 Å². The number of carbonyl (C=O) groups excluding carboxylic acids is 5. The Balaban J connectivity index is 2.07. The van der Waals surface area contributed by atoms with Gasteiger partial charge in [-0.15, -0.1) is 0 Å². The number of aliphatic hydroxyl groups is 1. The summed E-state index contributed by atoms with van der Waals surface area (Å²) in [6.45, 7) is -1.63. The highest BCUT2D eigenvalue weighted by molar-refractivity contribution is 6.10. The van der Waals surface area contributed by atoms with Gasteiger partial charge in [-0.05, 0) is 38.8 Å². The van der Waals surface area contributed by atoms with E-state index < -0.39 is 97.0 Å². The minimum absolute atomic E-state index is 0.0479. The molecule has 274 valence electrons. The third-order valence-corrected chi connectivity index (χ3v) is 7.08. The number of rotatable bonds is 16. The number of carboxylic acids is 1. The van der Waals surface area contributed by atoms with Gasteiger partial charge in [-0.2, -0.15) is 22.0 Å². The lowest BCUT2D eigenvalue weighted by molar-refractivity contribution is -0.278. The molecule has 0 aromatic heterocycles. The predicted octanol–water partition coefficient (Wildman–Crippen LogP) is 0.757. The Bertz CT molecular complexity index is 1410. The number of carbonyl (C=O) groups is 6. The number of nitrogens with two attached hydrogens (primary N) is 1. The summed E-state index contributed by atoms with van der Waals surface area (Å²) in [4.78, 5) is 74.3. The number of benzene rings is 1. The van der Waals surface area contributed by atoms with Crippen molar-refractivity contribution in [3.05, 3.63) is 24.0 Å². The summed E-state index contributed by atoms with van der Waals surface area (Å²) in [5, 5.41) is 24.6. The molecule has 4 amide bonds. The molecular formula is C28H35F6N5O10. The summed E-state index contributed by atoms with van der Waals surface area (Å²) in [5.74, 6) is -12.5. The van der Waals surface area contributed by atoms with Crippen molar-refractivity contribution in [2.24, 2.45) is 5.73 Å². The number of alkyl carbamates (subject to hydrolysis) is 1. The number of hydrogen-bond donors (Lipinski definition) is 6.